The quantitative estimate of drug-likeness (QED) is 0.396. The summed E-state index contributed by atoms with van der Waals surface area (Å²) >= 11 is 1.50. The zero-order chi connectivity index (χ0) is 23.4. The summed E-state index contributed by atoms with van der Waals surface area (Å²) in [5.74, 6) is 0.489. The highest BCUT2D eigenvalue weighted by molar-refractivity contribution is 7.99. The Balaban J connectivity index is 1.40. The number of nitrogens with one attached hydrogen (secondary N) is 1. The number of benzene rings is 3. The van der Waals surface area contributed by atoms with E-state index in [1.807, 2.05) is 18.2 Å². The predicted molar refractivity (Wildman–Crippen MR) is 126 cm³/mol. The fraction of sp³-hybridized carbons (Fsp3) is 0.160. The molecule has 0 unspecified atom stereocenters. The monoisotopic (exact) mass is 462 g/mol. The number of methoxy groups -OCH3 is 2. The minimum absolute atomic E-state index is 0.261. The van der Waals surface area contributed by atoms with Crippen LogP contribution in [0.1, 0.15) is 31.1 Å². The van der Waals surface area contributed by atoms with Crippen molar-refractivity contribution < 1.29 is 23.9 Å². The van der Waals surface area contributed by atoms with Gasteiger partial charge >= 0.3 is 0 Å². The lowest BCUT2D eigenvalue weighted by Gasteiger charge is -2.14. The van der Waals surface area contributed by atoms with Gasteiger partial charge in [-0.3, -0.25) is 19.3 Å². The van der Waals surface area contributed by atoms with Crippen LogP contribution in [0.15, 0.2) is 71.6 Å². The molecule has 3 aromatic rings. The Hall–Kier alpha value is -3.78. The lowest BCUT2D eigenvalue weighted by Crippen LogP contribution is -2.31. The molecule has 1 heterocycles. The molecule has 3 aromatic carbocycles. The maximum Gasteiger partial charge on any atom is 0.263 e. The van der Waals surface area contributed by atoms with Gasteiger partial charge in [0.1, 0.15) is 17.1 Å². The molecule has 33 heavy (non-hydrogen) atoms. The molecule has 1 aliphatic rings. The van der Waals surface area contributed by atoms with Crippen LogP contribution in [0.25, 0.3) is 0 Å². The normalized spacial score (nSPS) is 12.5. The van der Waals surface area contributed by atoms with Gasteiger partial charge in [0.05, 0.1) is 25.3 Å². The zero-order valence-corrected chi connectivity index (χ0v) is 19.0. The number of imide groups is 1. The summed E-state index contributed by atoms with van der Waals surface area (Å²) in [6.07, 6.45) is 0. The highest BCUT2D eigenvalue weighted by Gasteiger charge is 2.34. The molecule has 168 valence electrons. The average Bonchev–Trinajstić information content (AvgIpc) is 3.08. The number of carbonyl (C=O) groups is 3. The molecule has 1 aliphatic heterocycles. The fourth-order valence-electron chi connectivity index (χ4n) is 3.63. The number of amides is 3. The molecule has 0 atom stereocenters. The van der Waals surface area contributed by atoms with E-state index in [0.717, 1.165) is 4.90 Å². The number of hydrogen-bond donors (Lipinski definition) is 1. The number of fused-ring (bicyclic) bond motifs is 1. The van der Waals surface area contributed by atoms with Crippen LogP contribution < -0.4 is 14.8 Å². The van der Waals surface area contributed by atoms with E-state index >= 15 is 0 Å². The van der Waals surface area contributed by atoms with Gasteiger partial charge in [-0.05, 0) is 42.5 Å². The van der Waals surface area contributed by atoms with Crippen LogP contribution in [0.3, 0.4) is 0 Å². The summed E-state index contributed by atoms with van der Waals surface area (Å²) in [6, 6.07) is 19.4. The van der Waals surface area contributed by atoms with Crippen molar-refractivity contribution >= 4 is 35.2 Å². The van der Waals surface area contributed by atoms with E-state index in [9.17, 15) is 14.4 Å². The Bertz CT molecular complexity index is 1170. The second kappa shape index (κ2) is 9.79. The molecule has 0 bridgehead atoms. The lowest BCUT2D eigenvalue weighted by atomic mass is 10.1. The van der Waals surface area contributed by atoms with E-state index in [-0.39, 0.29) is 17.7 Å². The van der Waals surface area contributed by atoms with Crippen molar-refractivity contribution in [2.24, 2.45) is 0 Å². The molecule has 7 nitrogen and oxygen atoms in total. The van der Waals surface area contributed by atoms with Crippen molar-refractivity contribution in [2.45, 2.75) is 4.90 Å². The average molecular weight is 463 g/mol. The minimum atomic E-state index is -0.350. The van der Waals surface area contributed by atoms with Gasteiger partial charge in [0.15, 0.2) is 0 Å². The van der Waals surface area contributed by atoms with Crippen LogP contribution in [0.4, 0.5) is 5.69 Å². The van der Waals surface area contributed by atoms with Crippen LogP contribution in [0.2, 0.25) is 0 Å². The molecule has 0 aromatic heterocycles. The van der Waals surface area contributed by atoms with E-state index in [4.69, 9.17) is 9.47 Å². The fourth-order valence-corrected chi connectivity index (χ4v) is 4.52. The molecular formula is C25H22N2O5S. The maximum atomic E-state index is 12.9. The van der Waals surface area contributed by atoms with E-state index in [0.29, 0.717) is 46.2 Å². The van der Waals surface area contributed by atoms with Crippen molar-refractivity contribution in [2.75, 3.05) is 31.8 Å². The van der Waals surface area contributed by atoms with E-state index in [1.165, 1.54) is 30.9 Å². The van der Waals surface area contributed by atoms with Crippen molar-refractivity contribution in [1.82, 2.24) is 4.90 Å². The Morgan fingerprint density at radius 2 is 1.48 bits per heavy atom. The Morgan fingerprint density at radius 1 is 0.879 bits per heavy atom. The van der Waals surface area contributed by atoms with Crippen LogP contribution in [-0.2, 0) is 0 Å². The van der Waals surface area contributed by atoms with Crippen molar-refractivity contribution in [1.29, 1.82) is 0 Å². The van der Waals surface area contributed by atoms with Gasteiger partial charge in [-0.1, -0.05) is 24.3 Å². The lowest BCUT2D eigenvalue weighted by molar-refractivity contribution is 0.0664. The summed E-state index contributed by atoms with van der Waals surface area (Å²) < 4.78 is 10.6. The standard InChI is InChI=1S/C25H22N2O5S/c1-31-20-11-6-12-21(32-2)22(20)23(28)26-16-7-5-8-17(15-16)33-14-13-27-24(29)18-9-3-4-10-19(18)25(27)30/h3-12,15H,13-14H2,1-2H3,(H,26,28). The van der Waals surface area contributed by atoms with Gasteiger partial charge in [-0.25, -0.2) is 0 Å². The maximum absolute atomic E-state index is 12.9. The third-order valence-corrected chi connectivity index (χ3v) is 6.18. The molecule has 0 fully saturated rings. The second-order valence-electron chi connectivity index (χ2n) is 7.18. The highest BCUT2D eigenvalue weighted by Crippen LogP contribution is 2.30. The van der Waals surface area contributed by atoms with Gasteiger partial charge in [0.25, 0.3) is 17.7 Å². The summed E-state index contributed by atoms with van der Waals surface area (Å²) in [7, 11) is 2.99. The number of nitrogens with zero attached hydrogens (tertiary/aromatic N) is 1. The predicted octanol–water partition coefficient (Wildman–Crippen LogP) is 4.34. The SMILES string of the molecule is COc1cccc(OC)c1C(=O)Nc1cccc(SCCN2C(=O)c3ccccc3C2=O)c1. The Kier molecular flexibility index (Phi) is 6.65. The summed E-state index contributed by atoms with van der Waals surface area (Å²) in [4.78, 5) is 40.1. The van der Waals surface area contributed by atoms with E-state index < -0.39 is 0 Å². The van der Waals surface area contributed by atoms with Crippen molar-refractivity contribution in [3.8, 4) is 11.5 Å². The van der Waals surface area contributed by atoms with E-state index in [2.05, 4.69) is 5.32 Å². The van der Waals surface area contributed by atoms with Crippen LogP contribution in [-0.4, -0.2) is 49.1 Å². The molecular weight excluding hydrogens is 440 g/mol. The highest BCUT2D eigenvalue weighted by atomic mass is 32.2. The molecule has 1 N–H and O–H groups in total. The number of anilines is 1. The second-order valence-corrected chi connectivity index (χ2v) is 8.34. The van der Waals surface area contributed by atoms with E-state index in [1.54, 1.807) is 48.5 Å². The first-order valence-corrected chi connectivity index (χ1v) is 11.2. The first kappa shape index (κ1) is 22.4. The number of thioether (sulfide) groups is 1. The van der Waals surface area contributed by atoms with Gasteiger partial charge in [0, 0.05) is 22.9 Å². The molecule has 0 aliphatic carbocycles. The first-order chi connectivity index (χ1) is 16.0. The number of ether oxygens (including phenoxy) is 2. The molecule has 0 spiro atoms. The molecule has 0 radical (unpaired) electrons. The van der Waals surface area contributed by atoms with Gasteiger partial charge in [0.2, 0.25) is 0 Å². The Labute approximate surface area is 195 Å². The summed E-state index contributed by atoms with van der Waals surface area (Å²) in [5.41, 5.74) is 1.82. The number of hydrogen-bond acceptors (Lipinski definition) is 6. The zero-order valence-electron chi connectivity index (χ0n) is 18.2. The first-order valence-electron chi connectivity index (χ1n) is 10.2. The molecule has 0 saturated carbocycles. The topological polar surface area (TPSA) is 84.9 Å². The van der Waals surface area contributed by atoms with Crippen LogP contribution >= 0.6 is 11.8 Å². The number of carbonyl (C=O) groups excluding carboxylic acids is 3. The Morgan fingerprint density at radius 3 is 2.09 bits per heavy atom. The van der Waals surface area contributed by atoms with Gasteiger partial charge < -0.3 is 14.8 Å². The smallest absolute Gasteiger partial charge is 0.263 e. The van der Waals surface area contributed by atoms with Crippen molar-refractivity contribution in [3.05, 3.63) is 83.4 Å². The summed E-state index contributed by atoms with van der Waals surface area (Å²) in [5, 5.41) is 2.87. The molecule has 3 amide bonds. The molecule has 0 saturated heterocycles. The minimum Gasteiger partial charge on any atom is -0.496 e. The van der Waals surface area contributed by atoms with Gasteiger partial charge in [-0.15, -0.1) is 11.8 Å². The third-order valence-electron chi connectivity index (χ3n) is 5.21. The largest absolute Gasteiger partial charge is 0.496 e. The third kappa shape index (κ3) is 4.56. The summed E-state index contributed by atoms with van der Waals surface area (Å²) in [6.45, 7) is 0.298. The van der Waals surface area contributed by atoms with Crippen LogP contribution in [0, 0.1) is 0 Å². The number of rotatable bonds is 8. The molecule has 8 heteroatoms. The van der Waals surface area contributed by atoms with Gasteiger partial charge in [-0.2, -0.15) is 0 Å². The van der Waals surface area contributed by atoms with Crippen molar-refractivity contribution in [3.63, 3.8) is 0 Å². The molecule has 4 rings (SSSR count). The van der Waals surface area contributed by atoms with Crippen LogP contribution in [0.5, 0.6) is 11.5 Å².